The second-order valence-corrected chi connectivity index (χ2v) is 8.77. The van der Waals surface area contributed by atoms with Gasteiger partial charge in [0.05, 0.1) is 18.2 Å². The molecule has 1 aliphatic heterocycles. The van der Waals surface area contributed by atoms with Crippen LogP contribution < -0.4 is 0 Å². The number of rotatable bonds is 5. The van der Waals surface area contributed by atoms with Crippen LogP contribution in [0.25, 0.3) is 0 Å². The van der Waals surface area contributed by atoms with Gasteiger partial charge >= 0.3 is 5.97 Å². The predicted molar refractivity (Wildman–Crippen MR) is 113 cm³/mol. The Morgan fingerprint density at radius 3 is 2.28 bits per heavy atom. The normalized spacial score (nSPS) is 24.3. The average molecular weight is 430 g/mol. The van der Waals surface area contributed by atoms with Crippen LogP contribution in [0.1, 0.15) is 22.8 Å². The van der Waals surface area contributed by atoms with Gasteiger partial charge in [0.15, 0.2) is 0 Å². The van der Waals surface area contributed by atoms with E-state index in [0.29, 0.717) is 17.6 Å². The number of nitrogens with zero attached hydrogens (tertiary/aromatic N) is 1. The van der Waals surface area contributed by atoms with Crippen molar-refractivity contribution in [3.8, 4) is 0 Å². The number of alkyl halides is 2. The van der Waals surface area contributed by atoms with Gasteiger partial charge in [-0.2, -0.15) is 0 Å². The first kappa shape index (κ1) is 20.0. The molecule has 1 heterocycles. The molecule has 0 aromatic heterocycles. The molecule has 2 aromatic carbocycles. The summed E-state index contributed by atoms with van der Waals surface area (Å²) >= 11 is 13.3. The van der Waals surface area contributed by atoms with Crippen LogP contribution in [0.5, 0.6) is 0 Å². The number of ether oxygens (including phenoxy) is 1. The number of fused-ring (bicyclic) bond motifs is 1. The summed E-state index contributed by atoms with van der Waals surface area (Å²) in [6, 6.07) is 18.4. The molecule has 1 saturated carbocycles. The van der Waals surface area contributed by atoms with Gasteiger partial charge in [0.1, 0.15) is 4.33 Å². The van der Waals surface area contributed by atoms with Crippen LogP contribution in [-0.4, -0.2) is 33.8 Å². The van der Waals surface area contributed by atoms with Gasteiger partial charge in [-0.1, -0.05) is 71.7 Å². The molecule has 1 amide bonds. The summed E-state index contributed by atoms with van der Waals surface area (Å²) in [7, 11) is 0. The van der Waals surface area contributed by atoms with Gasteiger partial charge in [-0.3, -0.25) is 4.79 Å². The monoisotopic (exact) mass is 429 g/mol. The highest BCUT2D eigenvalue weighted by atomic mass is 35.5. The zero-order valence-electron chi connectivity index (χ0n) is 15.9. The van der Waals surface area contributed by atoms with E-state index in [0.717, 1.165) is 5.56 Å². The van der Waals surface area contributed by atoms with Crippen molar-refractivity contribution in [1.82, 2.24) is 4.90 Å². The van der Waals surface area contributed by atoms with Crippen LogP contribution in [0, 0.1) is 11.8 Å². The Morgan fingerprint density at radius 1 is 1.03 bits per heavy atom. The lowest BCUT2D eigenvalue weighted by Crippen LogP contribution is -2.37. The molecule has 1 fully saturated rings. The minimum Gasteiger partial charge on any atom is -0.463 e. The van der Waals surface area contributed by atoms with Crippen LogP contribution in [0.4, 0.5) is 0 Å². The quantitative estimate of drug-likeness (QED) is 0.514. The van der Waals surface area contributed by atoms with Crippen molar-refractivity contribution >= 4 is 35.1 Å². The van der Waals surface area contributed by atoms with E-state index in [4.69, 9.17) is 27.9 Å². The van der Waals surface area contributed by atoms with E-state index in [2.05, 4.69) is 0 Å². The van der Waals surface area contributed by atoms with Crippen molar-refractivity contribution < 1.29 is 14.3 Å². The van der Waals surface area contributed by atoms with E-state index in [1.54, 1.807) is 37.4 Å². The third-order valence-electron chi connectivity index (χ3n) is 5.55. The van der Waals surface area contributed by atoms with Crippen LogP contribution >= 0.6 is 23.2 Å². The van der Waals surface area contributed by atoms with E-state index < -0.39 is 10.3 Å². The number of esters is 1. The summed E-state index contributed by atoms with van der Waals surface area (Å²) in [6.07, 6.45) is 2.19. The summed E-state index contributed by atoms with van der Waals surface area (Å²) < 4.78 is 4.17. The lowest BCUT2D eigenvalue weighted by atomic mass is 9.85. The maximum atomic E-state index is 13.1. The van der Waals surface area contributed by atoms with Gasteiger partial charge in [0.25, 0.3) is 5.91 Å². The zero-order valence-corrected chi connectivity index (χ0v) is 17.4. The average Bonchev–Trinajstić information content (AvgIpc) is 3.31. The first-order valence-electron chi connectivity index (χ1n) is 9.63. The number of halogens is 2. The molecule has 0 spiro atoms. The third kappa shape index (κ3) is 3.67. The summed E-state index contributed by atoms with van der Waals surface area (Å²) in [5, 5.41) is 0. The fourth-order valence-corrected chi connectivity index (χ4v) is 5.04. The molecule has 0 unspecified atom stereocenters. The number of amides is 1. The first-order valence-corrected chi connectivity index (χ1v) is 10.4. The summed E-state index contributed by atoms with van der Waals surface area (Å²) in [4.78, 5) is 27.4. The number of hydrogen-bond acceptors (Lipinski definition) is 3. The third-order valence-corrected chi connectivity index (χ3v) is 6.50. The van der Waals surface area contributed by atoms with Crippen molar-refractivity contribution in [3.63, 3.8) is 0 Å². The van der Waals surface area contributed by atoms with Gasteiger partial charge in [-0.25, -0.2) is 4.79 Å². The molecule has 0 bridgehead atoms. The van der Waals surface area contributed by atoms with E-state index in [-0.39, 0.29) is 30.4 Å². The fourth-order valence-electron chi connectivity index (χ4n) is 4.14. The van der Waals surface area contributed by atoms with E-state index in [9.17, 15) is 9.59 Å². The highest BCUT2D eigenvalue weighted by molar-refractivity contribution is 6.52. The molecule has 150 valence electrons. The van der Waals surface area contributed by atoms with E-state index in [1.165, 1.54) is 4.90 Å². The lowest BCUT2D eigenvalue weighted by molar-refractivity contribution is -0.139. The molecule has 0 radical (unpaired) electrons. The highest BCUT2D eigenvalue weighted by Crippen LogP contribution is 2.63. The standard InChI is InChI=1S/C23H21Cl2NO3/c1-2-29-22(28)18-14-26(21(27)16-11-7-4-8-12-16)20-19(23(20,24)25)17(18)13-15-9-5-3-6-10-15/h3-12,14,17,19-20H,2,13H2,1H3/t17-,19+,20-/m0/s1. The Labute approximate surface area is 180 Å². The van der Waals surface area contributed by atoms with Crippen LogP contribution in [0.2, 0.25) is 0 Å². The molecule has 29 heavy (non-hydrogen) atoms. The van der Waals surface area contributed by atoms with Gasteiger partial charge in [0.2, 0.25) is 0 Å². The summed E-state index contributed by atoms with van der Waals surface area (Å²) in [5.41, 5.74) is 2.03. The summed E-state index contributed by atoms with van der Waals surface area (Å²) in [6.45, 7) is 2.01. The molecule has 3 atom stereocenters. The van der Waals surface area contributed by atoms with Crippen molar-refractivity contribution in [2.45, 2.75) is 23.7 Å². The lowest BCUT2D eigenvalue weighted by Gasteiger charge is -2.29. The Balaban J connectivity index is 1.73. The second-order valence-electron chi connectivity index (χ2n) is 7.32. The number of benzene rings is 2. The van der Waals surface area contributed by atoms with Crippen molar-refractivity contribution in [2.24, 2.45) is 11.8 Å². The van der Waals surface area contributed by atoms with Gasteiger partial charge in [-0.15, -0.1) is 0 Å². The fraction of sp³-hybridized carbons (Fsp3) is 0.304. The Morgan fingerprint density at radius 2 is 1.66 bits per heavy atom. The molecule has 1 aliphatic carbocycles. The first-order chi connectivity index (χ1) is 13.9. The second kappa shape index (κ2) is 7.85. The zero-order chi connectivity index (χ0) is 20.6. The maximum absolute atomic E-state index is 13.1. The Hall–Kier alpha value is -2.30. The number of hydrogen-bond donors (Lipinski definition) is 0. The van der Waals surface area contributed by atoms with E-state index in [1.807, 2.05) is 36.4 Å². The van der Waals surface area contributed by atoms with Crippen LogP contribution in [-0.2, 0) is 16.0 Å². The highest BCUT2D eigenvalue weighted by Gasteiger charge is 2.71. The van der Waals surface area contributed by atoms with Crippen LogP contribution in [0.15, 0.2) is 72.4 Å². The molecule has 4 rings (SSSR count). The Kier molecular flexibility index (Phi) is 5.41. The molecule has 0 N–H and O–H groups in total. The maximum Gasteiger partial charge on any atom is 0.335 e. The minimum atomic E-state index is -1.12. The summed E-state index contributed by atoms with van der Waals surface area (Å²) in [5.74, 6) is -1.14. The molecular weight excluding hydrogens is 409 g/mol. The Bertz CT molecular complexity index is 943. The SMILES string of the molecule is CCOC(=O)C1=CN(C(=O)c2ccccc2)[C@H]2[C@@H]([C@H]1Cc1ccccc1)C2(Cl)Cl. The van der Waals surface area contributed by atoms with Crippen LogP contribution in [0.3, 0.4) is 0 Å². The van der Waals surface area contributed by atoms with Crippen molar-refractivity contribution in [1.29, 1.82) is 0 Å². The van der Waals surface area contributed by atoms with Crippen molar-refractivity contribution in [2.75, 3.05) is 6.61 Å². The van der Waals surface area contributed by atoms with Crippen molar-refractivity contribution in [3.05, 3.63) is 83.6 Å². The molecule has 4 nitrogen and oxygen atoms in total. The topological polar surface area (TPSA) is 46.6 Å². The predicted octanol–water partition coefficient (Wildman–Crippen LogP) is 4.62. The van der Waals surface area contributed by atoms with E-state index >= 15 is 0 Å². The minimum absolute atomic E-state index is 0.226. The molecule has 2 aromatic rings. The smallest absolute Gasteiger partial charge is 0.335 e. The van der Waals surface area contributed by atoms with Gasteiger partial charge < -0.3 is 9.64 Å². The molecule has 6 heteroatoms. The van der Waals surface area contributed by atoms with Gasteiger partial charge in [-0.05, 0) is 31.0 Å². The molecule has 2 aliphatic rings. The number of carbonyl (C=O) groups excluding carboxylic acids is 2. The van der Waals surface area contributed by atoms with Gasteiger partial charge in [0, 0.05) is 23.6 Å². The largest absolute Gasteiger partial charge is 0.463 e. The number of carbonyl (C=O) groups is 2. The molecular formula is C23H21Cl2NO3. The molecule has 0 saturated heterocycles.